The molecule has 24 saturated carbocycles. The Balaban J connectivity index is 0.0000000810. The number of fused-ring (bicyclic) bond motifs is 18. The third-order valence-corrected chi connectivity index (χ3v) is 47.0. The van der Waals surface area contributed by atoms with Crippen molar-refractivity contribution in [1.82, 2.24) is 57.3 Å². The highest BCUT2D eigenvalue weighted by atomic mass is 16.3. The van der Waals surface area contributed by atoms with Crippen LogP contribution >= 0.6 is 0 Å². The van der Waals surface area contributed by atoms with E-state index in [1.807, 2.05) is 75.1 Å². The second kappa shape index (κ2) is 36.2. The molecule has 18 nitrogen and oxygen atoms in total. The van der Waals surface area contributed by atoms with Gasteiger partial charge in [-0.3, -0.25) is 0 Å². The minimum atomic E-state index is -0.188. The van der Waals surface area contributed by atoms with Crippen molar-refractivity contribution in [3.63, 3.8) is 0 Å². The van der Waals surface area contributed by atoms with Gasteiger partial charge in [0.2, 0.25) is 0 Å². The van der Waals surface area contributed by atoms with E-state index in [2.05, 4.69) is 203 Å². The first kappa shape index (κ1) is 93.9. The minimum absolute atomic E-state index is 0.179. The van der Waals surface area contributed by atoms with Crippen molar-refractivity contribution < 1.29 is 30.6 Å². The molecule has 18 heteroatoms. The Bertz CT molecular complexity index is 6050. The van der Waals surface area contributed by atoms with Crippen LogP contribution in [0.1, 0.15) is 333 Å². The van der Waals surface area contributed by atoms with Gasteiger partial charge in [0.1, 0.15) is 0 Å². The topological polar surface area (TPSA) is 228 Å². The molecule has 0 amide bonds. The molecule has 12 atom stereocenters. The zero-order valence-corrected chi connectivity index (χ0v) is 87.8. The monoisotopic (exact) mass is 2010 g/mol. The van der Waals surface area contributed by atoms with Crippen molar-refractivity contribution in [2.75, 3.05) is 0 Å². The second-order valence-electron chi connectivity index (χ2n) is 55.7. The Morgan fingerprint density at radius 1 is 0.200 bits per heavy atom. The Kier molecular flexibility index (Phi) is 22.7. The lowest BCUT2D eigenvalue weighted by atomic mass is 9.48. The molecule has 780 valence electrons. The zero-order chi connectivity index (χ0) is 99.5. The van der Waals surface area contributed by atoms with Crippen LogP contribution in [0.25, 0.3) is 67.5 Å². The first-order valence-corrected chi connectivity index (χ1v) is 60.1. The quantitative estimate of drug-likeness (QED) is 0.0471. The number of rotatable bonds is 18. The van der Waals surface area contributed by atoms with Gasteiger partial charge >= 0.3 is 0 Å². The van der Waals surface area contributed by atoms with Gasteiger partial charge in [0.25, 0.3) is 0 Å². The van der Waals surface area contributed by atoms with Crippen LogP contribution in [0, 0.1) is 145 Å². The van der Waals surface area contributed by atoms with E-state index in [9.17, 15) is 30.6 Å². The number of aliphatic hydroxyl groups is 6. The number of benzene rings is 6. The fourth-order valence-electron chi connectivity index (χ4n) is 43.3. The smallest absolute Gasteiger partial charge is 0.0956 e. The van der Waals surface area contributed by atoms with Crippen molar-refractivity contribution >= 4 is 0 Å². The fraction of sp³-hybridized carbons (Fsp3) is 0.591. The molecule has 150 heavy (non-hydrogen) atoms. The number of hydrogen-bond acceptors (Lipinski definition) is 12. The van der Waals surface area contributed by atoms with Gasteiger partial charge < -0.3 is 58.0 Å². The van der Waals surface area contributed by atoms with Crippen LogP contribution in [0.15, 0.2) is 221 Å². The fourth-order valence-corrected chi connectivity index (χ4v) is 43.3. The molecule has 12 heterocycles. The summed E-state index contributed by atoms with van der Waals surface area (Å²) in [6, 6.07) is 53.5. The zero-order valence-electron chi connectivity index (χ0n) is 87.8. The summed E-state index contributed by atoms with van der Waals surface area (Å²) in [6.45, 7) is 0. The van der Waals surface area contributed by atoms with Gasteiger partial charge in [-0.25, -0.2) is 29.9 Å². The lowest BCUT2D eigenvalue weighted by molar-refractivity contribution is -0.124. The summed E-state index contributed by atoms with van der Waals surface area (Å²) >= 11 is 0. The molecular formula is C132H156N12O6. The van der Waals surface area contributed by atoms with Gasteiger partial charge in [0, 0.05) is 33.4 Å². The Morgan fingerprint density at radius 2 is 0.353 bits per heavy atom. The molecule has 24 aliphatic carbocycles. The molecule has 42 rings (SSSR count). The van der Waals surface area contributed by atoms with Gasteiger partial charge in [-0.05, 0) is 442 Å². The molecule has 0 saturated heterocycles. The Labute approximate surface area is 885 Å². The van der Waals surface area contributed by atoms with E-state index in [0.717, 1.165) is 151 Å². The predicted molar refractivity (Wildman–Crippen MR) is 582 cm³/mol. The van der Waals surface area contributed by atoms with Gasteiger partial charge in [0.05, 0.1) is 182 Å². The van der Waals surface area contributed by atoms with Crippen molar-refractivity contribution in [3.05, 3.63) is 254 Å². The number of imidazole rings is 6. The van der Waals surface area contributed by atoms with Crippen molar-refractivity contribution in [1.29, 1.82) is 0 Å². The lowest BCUT2D eigenvalue weighted by Crippen LogP contribution is -2.52. The third kappa shape index (κ3) is 15.6. The van der Waals surface area contributed by atoms with Crippen LogP contribution < -0.4 is 0 Å². The molecule has 4 unspecified atom stereocenters. The van der Waals surface area contributed by atoms with Gasteiger partial charge in [-0.15, -0.1) is 0 Å². The summed E-state index contributed by atoms with van der Waals surface area (Å²) < 4.78 is 13.7. The van der Waals surface area contributed by atoms with Crippen LogP contribution in [0.5, 0.6) is 0 Å². The SMILES string of the molecule is OC(CC1c2ccccc2-c2cncn21)C12CC3CC(CC(C3)C1)C2.OC(CC1c2ccccc2-c2cncn21)C1C2CC3CC(C2)CC1C3.O[C@@H](C[C@@H]1c2ccccc2-c2cncn21)C12CC3CC(CC(C3)C1)C2.O[C@@H](C[C@H]1c2ccccc2-c2cncn21)C12CC3CC(CC(C3)C1)C2.O[C@H](C[C@@H]1c2ccccc2-c2cncn21)C12CC3CC(CC(C3)C1)C2.O[C@H](C[C@H]1c2ccccc2-c2cncn21)C12CC3CC(CC(C3)C1)C2. The summed E-state index contributed by atoms with van der Waals surface area (Å²) in [5.74, 6) is 17.4. The molecule has 6 aromatic carbocycles. The molecule has 24 fully saturated rings. The highest BCUT2D eigenvalue weighted by Gasteiger charge is 2.62. The molecule has 6 N–H and O–H groups in total. The molecule has 6 aliphatic heterocycles. The van der Waals surface area contributed by atoms with Crippen LogP contribution in [0.3, 0.4) is 0 Å². The summed E-state index contributed by atoms with van der Waals surface area (Å²) in [4.78, 5) is 26.2. The van der Waals surface area contributed by atoms with E-state index in [-0.39, 0.29) is 99.9 Å². The standard InChI is InChI=1S/6C22H26N2O/c5*25-21(22-9-14-5-15(10-22)7-16(6-14)11-22)8-19-17-3-1-2-4-18(17)20-12-23-13-24(19)20;25-21(22-15-6-13-5-14(8-15)9-16(22)7-13)10-19-17-3-1-2-4-18(17)20-11-23-12-24(19)20/h5*1-4,12-16,19,21,25H,5-11H2;1-4,11-16,19,21-22,25H,5-10H2/t2*14?,15?,16?,19-,21+,22?;2*14?,15?,16?,19-,21-,22?;;/m1010../s1. The van der Waals surface area contributed by atoms with E-state index in [4.69, 9.17) is 0 Å². The second-order valence-corrected chi connectivity index (χ2v) is 55.7. The van der Waals surface area contributed by atoms with Crippen LogP contribution in [-0.2, 0) is 0 Å². The Hall–Kier alpha value is -9.66. The molecule has 24 bridgehead atoms. The van der Waals surface area contributed by atoms with Crippen molar-refractivity contribution in [2.45, 2.75) is 336 Å². The van der Waals surface area contributed by atoms with Gasteiger partial charge in [0.15, 0.2) is 0 Å². The van der Waals surface area contributed by atoms with E-state index < -0.39 is 0 Å². The average molecular weight is 2010 g/mol. The third-order valence-electron chi connectivity index (χ3n) is 47.0. The largest absolute Gasteiger partial charge is 0.393 e. The molecule has 30 aliphatic rings. The summed E-state index contributed by atoms with van der Waals surface area (Å²) in [5.41, 5.74) is 24.2. The molecule has 0 radical (unpaired) electrons. The number of aromatic nitrogens is 12. The lowest BCUT2D eigenvalue weighted by Gasteiger charge is -2.58. The number of hydrogen-bond donors (Lipinski definition) is 6. The van der Waals surface area contributed by atoms with E-state index in [1.165, 1.54) is 326 Å². The summed E-state index contributed by atoms with van der Waals surface area (Å²) in [6.07, 6.45) is 75.0. The van der Waals surface area contributed by atoms with Gasteiger partial charge in [-0.2, -0.15) is 0 Å². The number of aliphatic hydroxyl groups excluding tert-OH is 6. The predicted octanol–water partition coefficient (Wildman–Crippen LogP) is 26.4. The highest BCUT2D eigenvalue weighted by molar-refractivity contribution is 5.74. The molecule has 0 spiro atoms. The first-order chi connectivity index (χ1) is 73.4. The van der Waals surface area contributed by atoms with Crippen LogP contribution in [0.2, 0.25) is 0 Å². The summed E-state index contributed by atoms with van der Waals surface area (Å²) in [5, 5.41) is 68.4. The molecule has 12 aromatic rings. The molecule has 6 aromatic heterocycles. The van der Waals surface area contributed by atoms with Gasteiger partial charge in [-0.1, -0.05) is 146 Å². The maximum atomic E-state index is 11.4. The molecular weight excluding hydrogens is 1850 g/mol. The maximum absolute atomic E-state index is 11.4. The van der Waals surface area contributed by atoms with Crippen LogP contribution in [-0.4, -0.2) is 125 Å². The van der Waals surface area contributed by atoms with Crippen LogP contribution in [0.4, 0.5) is 0 Å². The average Bonchev–Trinajstić information content (AvgIpc) is 1.32. The highest BCUT2D eigenvalue weighted by Crippen LogP contribution is 2.70. The van der Waals surface area contributed by atoms with E-state index >= 15 is 0 Å². The van der Waals surface area contributed by atoms with E-state index in [1.54, 1.807) is 0 Å². The first-order valence-electron chi connectivity index (χ1n) is 60.1. The normalized spacial score (nSPS) is 38.6. The van der Waals surface area contributed by atoms with Crippen molar-refractivity contribution in [3.8, 4) is 67.5 Å². The Morgan fingerprint density at radius 3 is 0.527 bits per heavy atom. The maximum Gasteiger partial charge on any atom is 0.0956 e. The summed E-state index contributed by atoms with van der Waals surface area (Å²) in [7, 11) is 0. The minimum Gasteiger partial charge on any atom is -0.393 e. The van der Waals surface area contributed by atoms with E-state index in [0.29, 0.717) is 5.92 Å². The number of nitrogens with zero attached hydrogens (tertiary/aromatic N) is 12. The van der Waals surface area contributed by atoms with Crippen molar-refractivity contribution in [2.24, 2.45) is 145 Å².